The number of methoxy groups -OCH3 is 1. The van der Waals surface area contributed by atoms with Crippen molar-refractivity contribution < 1.29 is 32.5 Å². The van der Waals surface area contributed by atoms with E-state index in [0.717, 1.165) is 40.0 Å². The van der Waals surface area contributed by atoms with Crippen molar-refractivity contribution in [3.05, 3.63) is 94.5 Å². The van der Waals surface area contributed by atoms with Crippen molar-refractivity contribution in [2.45, 2.75) is 44.1 Å². The third kappa shape index (κ3) is 5.54. The van der Waals surface area contributed by atoms with Crippen LogP contribution >= 0.6 is 0 Å². The Bertz CT molecular complexity index is 1210. The molecular weight excluding hydrogens is 511 g/mol. The number of nitrogens with zero attached hydrogens (tertiary/aromatic N) is 3. The molecule has 1 saturated heterocycles. The summed E-state index contributed by atoms with van der Waals surface area (Å²) in [5.74, 6) is -1.30. The Morgan fingerprint density at radius 3 is 2.31 bits per heavy atom. The number of carbonyl (C=O) groups excluding carboxylic acids is 1. The van der Waals surface area contributed by atoms with E-state index >= 15 is 0 Å². The van der Waals surface area contributed by atoms with E-state index in [1.54, 1.807) is 17.3 Å². The maximum Gasteiger partial charge on any atom is 0.406 e. The Morgan fingerprint density at radius 1 is 1.05 bits per heavy atom. The molecular formula is C29H32F3N3O4. The van der Waals surface area contributed by atoms with Gasteiger partial charge in [-0.05, 0) is 54.0 Å². The molecule has 10 heteroatoms. The fourth-order valence-electron chi connectivity index (χ4n) is 5.76. The first-order valence-electron chi connectivity index (χ1n) is 13.1. The largest absolute Gasteiger partial charge is 0.507 e. The molecule has 1 fully saturated rings. The van der Waals surface area contributed by atoms with Crippen molar-refractivity contribution >= 4 is 5.91 Å². The zero-order chi connectivity index (χ0) is 27.6. The van der Waals surface area contributed by atoms with Crippen LogP contribution in [0.2, 0.25) is 0 Å². The summed E-state index contributed by atoms with van der Waals surface area (Å²) in [6.45, 7) is -1.24. The monoisotopic (exact) mass is 543 g/mol. The summed E-state index contributed by atoms with van der Waals surface area (Å²) in [6.07, 6.45) is -0.0952. The predicted octanol–water partition coefficient (Wildman–Crippen LogP) is 4.86. The quantitative estimate of drug-likeness (QED) is 0.525. The topological polar surface area (TPSA) is 65.5 Å². The lowest BCUT2D eigenvalue weighted by Gasteiger charge is -2.53. The van der Waals surface area contributed by atoms with Crippen molar-refractivity contribution in [1.82, 2.24) is 14.9 Å². The number of aryl methyl sites for hydroxylation is 2. The molecule has 1 N–H and O–H groups in total. The first-order valence-corrected chi connectivity index (χ1v) is 13.1. The SMILES string of the molecule is COCCCC1N(CC(F)(F)F)C(=O)/C2=C(\O)COC/C=C\N2N1C1c2ccccc2CCc2ccccc21. The van der Waals surface area contributed by atoms with Crippen LogP contribution in [-0.2, 0) is 27.1 Å². The lowest BCUT2D eigenvalue weighted by molar-refractivity contribution is -0.199. The van der Waals surface area contributed by atoms with E-state index in [4.69, 9.17) is 9.47 Å². The van der Waals surface area contributed by atoms with Crippen LogP contribution in [0, 0.1) is 0 Å². The number of amides is 1. The highest BCUT2D eigenvalue weighted by Gasteiger charge is 2.50. The summed E-state index contributed by atoms with van der Waals surface area (Å²) in [5.41, 5.74) is 3.83. The lowest BCUT2D eigenvalue weighted by atomic mass is 9.92. The standard InChI is InChI=1S/C29H32F3N3O4/c1-38-16-6-12-25-33(19-29(30,31)32)28(37)27-24(36)18-39-17-7-15-34(27)35(25)26-22-10-4-2-8-20(22)13-14-21-9-3-5-11-23(21)26/h2-5,7-11,15,25-26,36H,6,12-14,16-19H2,1H3/b15-7-,27-24+. The van der Waals surface area contributed by atoms with Gasteiger partial charge < -0.3 is 19.5 Å². The van der Waals surface area contributed by atoms with Gasteiger partial charge in [0.1, 0.15) is 25.1 Å². The molecule has 39 heavy (non-hydrogen) atoms. The second-order valence-electron chi connectivity index (χ2n) is 9.88. The van der Waals surface area contributed by atoms with Crippen LogP contribution in [0.4, 0.5) is 13.2 Å². The number of ether oxygens (including phenoxy) is 2. The minimum Gasteiger partial charge on any atom is -0.507 e. The molecule has 1 amide bonds. The second-order valence-corrected chi connectivity index (χ2v) is 9.88. The molecule has 2 aromatic rings. The zero-order valence-corrected chi connectivity index (χ0v) is 21.7. The number of hydrazine groups is 1. The summed E-state index contributed by atoms with van der Waals surface area (Å²) < 4.78 is 52.6. The van der Waals surface area contributed by atoms with Crippen LogP contribution in [0.5, 0.6) is 0 Å². The number of carbonyl (C=O) groups is 1. The maximum absolute atomic E-state index is 14.0. The predicted molar refractivity (Wildman–Crippen MR) is 138 cm³/mol. The lowest BCUT2D eigenvalue weighted by Crippen LogP contribution is -2.65. The fourth-order valence-corrected chi connectivity index (χ4v) is 5.76. The number of fused-ring (bicyclic) bond motifs is 3. The van der Waals surface area contributed by atoms with Gasteiger partial charge in [0.05, 0.1) is 12.6 Å². The Labute approximate surface area is 225 Å². The van der Waals surface area contributed by atoms with Gasteiger partial charge in [0, 0.05) is 19.9 Å². The summed E-state index contributed by atoms with van der Waals surface area (Å²) in [5, 5.41) is 14.3. The van der Waals surface area contributed by atoms with Gasteiger partial charge >= 0.3 is 6.18 Å². The smallest absolute Gasteiger partial charge is 0.406 e. The van der Waals surface area contributed by atoms with E-state index in [0.29, 0.717) is 13.0 Å². The highest BCUT2D eigenvalue weighted by molar-refractivity contribution is 5.94. The maximum atomic E-state index is 14.0. The number of hydrogen-bond acceptors (Lipinski definition) is 6. The Balaban J connectivity index is 1.76. The minimum absolute atomic E-state index is 0.175. The molecule has 1 unspecified atom stereocenters. The Kier molecular flexibility index (Phi) is 7.97. The van der Waals surface area contributed by atoms with E-state index in [1.165, 1.54) is 7.11 Å². The fraction of sp³-hybridized carbons (Fsp3) is 0.414. The molecule has 3 aliphatic rings. The normalized spacial score (nSPS) is 23.4. The summed E-state index contributed by atoms with van der Waals surface area (Å²) in [7, 11) is 1.54. The van der Waals surface area contributed by atoms with Gasteiger partial charge in [-0.25, -0.2) is 0 Å². The van der Waals surface area contributed by atoms with Crippen LogP contribution < -0.4 is 0 Å². The van der Waals surface area contributed by atoms with Gasteiger partial charge in [-0.15, -0.1) is 0 Å². The molecule has 0 radical (unpaired) electrons. The molecule has 0 spiro atoms. The summed E-state index contributed by atoms with van der Waals surface area (Å²) >= 11 is 0. The van der Waals surface area contributed by atoms with Gasteiger partial charge in [0.15, 0.2) is 5.70 Å². The van der Waals surface area contributed by atoms with E-state index in [1.807, 2.05) is 53.5 Å². The number of halogens is 3. The average molecular weight is 544 g/mol. The van der Waals surface area contributed by atoms with Gasteiger partial charge in [0.2, 0.25) is 0 Å². The molecule has 0 bridgehead atoms. The Hall–Kier alpha value is -3.34. The number of rotatable bonds is 6. The van der Waals surface area contributed by atoms with Crippen LogP contribution in [0.3, 0.4) is 0 Å². The number of benzene rings is 2. The third-order valence-electron chi connectivity index (χ3n) is 7.37. The van der Waals surface area contributed by atoms with Crippen molar-refractivity contribution in [1.29, 1.82) is 0 Å². The summed E-state index contributed by atoms with van der Waals surface area (Å²) in [4.78, 5) is 14.6. The van der Waals surface area contributed by atoms with Crippen molar-refractivity contribution in [2.75, 3.05) is 33.5 Å². The van der Waals surface area contributed by atoms with Crippen LogP contribution in [0.1, 0.15) is 41.1 Å². The van der Waals surface area contributed by atoms with Gasteiger partial charge in [-0.3, -0.25) is 9.80 Å². The number of aliphatic hydroxyl groups is 1. The third-order valence-corrected chi connectivity index (χ3v) is 7.37. The van der Waals surface area contributed by atoms with Crippen molar-refractivity contribution in [2.24, 2.45) is 0 Å². The molecule has 2 aliphatic heterocycles. The zero-order valence-electron chi connectivity index (χ0n) is 21.7. The Morgan fingerprint density at radius 2 is 1.69 bits per heavy atom. The molecule has 1 atom stereocenters. The van der Waals surface area contributed by atoms with Crippen LogP contribution in [0.25, 0.3) is 0 Å². The van der Waals surface area contributed by atoms with Gasteiger partial charge in [0.25, 0.3) is 5.91 Å². The van der Waals surface area contributed by atoms with Crippen molar-refractivity contribution in [3.63, 3.8) is 0 Å². The number of alkyl halides is 3. The highest BCUT2D eigenvalue weighted by Crippen LogP contribution is 2.44. The molecule has 2 aromatic carbocycles. The first-order chi connectivity index (χ1) is 18.8. The molecule has 2 heterocycles. The van der Waals surface area contributed by atoms with Crippen LogP contribution in [0.15, 0.2) is 72.3 Å². The second kappa shape index (κ2) is 11.4. The van der Waals surface area contributed by atoms with E-state index in [2.05, 4.69) is 0 Å². The first kappa shape index (κ1) is 27.2. The molecule has 7 nitrogen and oxygen atoms in total. The van der Waals surface area contributed by atoms with Crippen LogP contribution in [-0.4, -0.2) is 71.7 Å². The number of hydrogen-bond donors (Lipinski definition) is 1. The number of aliphatic hydroxyl groups excluding tert-OH is 1. The van der Waals surface area contributed by atoms with E-state index in [9.17, 15) is 23.1 Å². The van der Waals surface area contributed by atoms with Crippen molar-refractivity contribution in [3.8, 4) is 0 Å². The molecule has 5 rings (SSSR count). The van der Waals surface area contributed by atoms with Gasteiger partial charge in [-0.1, -0.05) is 48.5 Å². The average Bonchev–Trinajstić information content (AvgIpc) is 3.06. The molecule has 0 aromatic heterocycles. The molecule has 208 valence electrons. The van der Waals surface area contributed by atoms with E-state index in [-0.39, 0.29) is 25.3 Å². The summed E-state index contributed by atoms with van der Waals surface area (Å²) in [6, 6.07) is 15.3. The molecule has 0 saturated carbocycles. The minimum atomic E-state index is -4.65. The van der Waals surface area contributed by atoms with E-state index < -0.39 is 36.6 Å². The van der Waals surface area contributed by atoms with Gasteiger partial charge in [-0.2, -0.15) is 18.2 Å². The highest BCUT2D eigenvalue weighted by atomic mass is 19.4. The molecule has 1 aliphatic carbocycles.